The number of methoxy groups -OCH3 is 1. The minimum Gasteiger partial charge on any atom is -0.495 e. The molecule has 2 atom stereocenters. The summed E-state index contributed by atoms with van der Waals surface area (Å²) in [5.74, 6) is -1.24. The SMILES string of the molecule is COc1ccc(CN2C(=O)[C@H]3CCCC[C@H]3C2=O)cc1S(=O)(=O)Nc1ccc(F)cc1C. The number of ether oxygens (including phenoxy) is 1. The zero-order valence-electron chi connectivity index (χ0n) is 17.9. The van der Waals surface area contributed by atoms with E-state index in [4.69, 9.17) is 4.74 Å². The van der Waals surface area contributed by atoms with Crippen molar-refractivity contribution in [3.63, 3.8) is 0 Å². The van der Waals surface area contributed by atoms with E-state index >= 15 is 0 Å². The Labute approximate surface area is 186 Å². The predicted molar refractivity (Wildman–Crippen MR) is 116 cm³/mol. The number of likely N-dealkylation sites (tertiary alicyclic amines) is 1. The molecule has 170 valence electrons. The summed E-state index contributed by atoms with van der Waals surface area (Å²) in [6.45, 7) is 1.60. The van der Waals surface area contributed by atoms with Gasteiger partial charge in [0.15, 0.2) is 0 Å². The second-order valence-corrected chi connectivity index (χ2v) is 9.96. The average molecular weight is 461 g/mol. The average Bonchev–Trinajstić information content (AvgIpc) is 3.01. The summed E-state index contributed by atoms with van der Waals surface area (Å²) in [5.41, 5.74) is 1.18. The zero-order valence-corrected chi connectivity index (χ0v) is 18.7. The molecule has 7 nitrogen and oxygen atoms in total. The molecule has 9 heteroatoms. The molecule has 0 spiro atoms. The third kappa shape index (κ3) is 4.09. The Bertz CT molecular complexity index is 1160. The minimum absolute atomic E-state index is 0.00670. The van der Waals surface area contributed by atoms with Crippen molar-refractivity contribution in [2.45, 2.75) is 44.0 Å². The standard InChI is InChI=1S/C23H25FN2O5S/c1-14-11-16(24)8-9-19(14)25-32(29,30)21-12-15(7-10-20(21)31-2)13-26-22(27)17-5-3-4-6-18(17)23(26)28/h7-12,17-18,25H,3-6,13H2,1-2H3/t17-,18+. The van der Waals surface area contributed by atoms with Crippen LogP contribution in [-0.2, 0) is 26.2 Å². The van der Waals surface area contributed by atoms with Crippen LogP contribution in [0.3, 0.4) is 0 Å². The molecule has 1 saturated heterocycles. The van der Waals surface area contributed by atoms with Gasteiger partial charge in [0.1, 0.15) is 16.5 Å². The fraction of sp³-hybridized carbons (Fsp3) is 0.391. The van der Waals surface area contributed by atoms with E-state index in [2.05, 4.69) is 4.72 Å². The lowest BCUT2D eigenvalue weighted by molar-refractivity contribution is -0.140. The normalized spacial score (nSPS) is 20.9. The van der Waals surface area contributed by atoms with Crippen LogP contribution in [0.4, 0.5) is 10.1 Å². The van der Waals surface area contributed by atoms with Gasteiger partial charge < -0.3 is 4.74 Å². The third-order valence-corrected chi connectivity index (χ3v) is 7.61. The van der Waals surface area contributed by atoms with Crippen LogP contribution in [0.1, 0.15) is 36.8 Å². The Morgan fingerprint density at radius 3 is 2.31 bits per heavy atom. The van der Waals surface area contributed by atoms with Crippen LogP contribution in [-0.4, -0.2) is 32.2 Å². The molecule has 0 aromatic heterocycles. The lowest BCUT2D eigenvalue weighted by atomic mass is 9.81. The van der Waals surface area contributed by atoms with Crippen molar-refractivity contribution >= 4 is 27.5 Å². The summed E-state index contributed by atoms with van der Waals surface area (Å²) < 4.78 is 47.3. The van der Waals surface area contributed by atoms with Crippen molar-refractivity contribution in [2.75, 3.05) is 11.8 Å². The molecule has 2 amide bonds. The van der Waals surface area contributed by atoms with E-state index in [0.717, 1.165) is 25.7 Å². The number of fused-ring (bicyclic) bond motifs is 1. The summed E-state index contributed by atoms with van der Waals surface area (Å²) in [5, 5.41) is 0. The molecule has 1 aliphatic carbocycles. The molecule has 0 bridgehead atoms. The summed E-state index contributed by atoms with van der Waals surface area (Å²) in [6, 6.07) is 8.30. The number of nitrogens with zero attached hydrogens (tertiary/aromatic N) is 1. The Kier molecular flexibility index (Phi) is 5.94. The number of sulfonamides is 1. The summed E-state index contributed by atoms with van der Waals surface area (Å²) in [4.78, 5) is 26.7. The van der Waals surface area contributed by atoms with Gasteiger partial charge in [-0.2, -0.15) is 0 Å². The lowest BCUT2D eigenvalue weighted by Crippen LogP contribution is -2.30. The number of carbonyl (C=O) groups is 2. The van der Waals surface area contributed by atoms with Gasteiger partial charge in [-0.05, 0) is 61.2 Å². The first-order chi connectivity index (χ1) is 15.2. The molecule has 32 heavy (non-hydrogen) atoms. The second kappa shape index (κ2) is 8.54. The van der Waals surface area contributed by atoms with Crippen LogP contribution < -0.4 is 9.46 Å². The molecule has 2 aromatic carbocycles. The first-order valence-electron chi connectivity index (χ1n) is 10.5. The molecule has 0 radical (unpaired) electrons. The van der Waals surface area contributed by atoms with E-state index in [0.29, 0.717) is 11.1 Å². The number of rotatable bonds is 6. The van der Waals surface area contributed by atoms with Gasteiger partial charge in [0.25, 0.3) is 10.0 Å². The van der Waals surface area contributed by atoms with Crippen LogP contribution in [0.5, 0.6) is 5.75 Å². The van der Waals surface area contributed by atoms with Gasteiger partial charge in [-0.15, -0.1) is 0 Å². The molecule has 1 aliphatic heterocycles. The minimum atomic E-state index is -4.08. The number of hydrogen-bond acceptors (Lipinski definition) is 5. The molecular weight excluding hydrogens is 435 g/mol. The number of halogens is 1. The van der Waals surface area contributed by atoms with Crippen LogP contribution >= 0.6 is 0 Å². The highest BCUT2D eigenvalue weighted by Gasteiger charge is 2.47. The highest BCUT2D eigenvalue weighted by molar-refractivity contribution is 7.92. The van der Waals surface area contributed by atoms with Gasteiger partial charge in [-0.25, -0.2) is 12.8 Å². The van der Waals surface area contributed by atoms with Crippen LogP contribution in [0.15, 0.2) is 41.3 Å². The van der Waals surface area contributed by atoms with Crippen molar-refractivity contribution in [3.05, 3.63) is 53.3 Å². The highest BCUT2D eigenvalue weighted by Crippen LogP contribution is 2.39. The summed E-state index contributed by atoms with van der Waals surface area (Å²) >= 11 is 0. The van der Waals surface area contributed by atoms with Gasteiger partial charge >= 0.3 is 0 Å². The maximum Gasteiger partial charge on any atom is 0.265 e. The number of carbonyl (C=O) groups excluding carboxylic acids is 2. The second-order valence-electron chi connectivity index (χ2n) is 8.31. The molecule has 1 heterocycles. The number of anilines is 1. The van der Waals surface area contributed by atoms with Crippen molar-refractivity contribution in [1.29, 1.82) is 0 Å². The molecule has 0 unspecified atom stereocenters. The summed E-state index contributed by atoms with van der Waals surface area (Å²) in [7, 11) is -2.72. The first kappa shape index (κ1) is 22.3. The van der Waals surface area contributed by atoms with Crippen molar-refractivity contribution in [1.82, 2.24) is 4.90 Å². The fourth-order valence-corrected chi connectivity index (χ4v) is 5.89. The smallest absolute Gasteiger partial charge is 0.265 e. The highest BCUT2D eigenvalue weighted by atomic mass is 32.2. The molecule has 4 rings (SSSR count). The van der Waals surface area contributed by atoms with Gasteiger partial charge in [-0.3, -0.25) is 19.2 Å². The molecule has 1 N–H and O–H groups in total. The molecular formula is C23H25FN2O5S. The van der Waals surface area contributed by atoms with E-state index in [1.165, 1.54) is 42.3 Å². The number of benzene rings is 2. The number of nitrogens with one attached hydrogen (secondary N) is 1. The summed E-state index contributed by atoms with van der Waals surface area (Å²) in [6.07, 6.45) is 3.31. The van der Waals surface area contributed by atoms with Gasteiger partial charge in [0.2, 0.25) is 11.8 Å². The maximum absolute atomic E-state index is 13.4. The Morgan fingerprint density at radius 1 is 1.06 bits per heavy atom. The van der Waals surface area contributed by atoms with Crippen molar-refractivity contribution < 1.29 is 27.1 Å². The maximum atomic E-state index is 13.4. The first-order valence-corrected chi connectivity index (χ1v) is 12.0. The van der Waals surface area contributed by atoms with E-state index < -0.39 is 15.8 Å². The van der Waals surface area contributed by atoms with Crippen LogP contribution in [0.25, 0.3) is 0 Å². The topological polar surface area (TPSA) is 92.8 Å². The largest absolute Gasteiger partial charge is 0.495 e. The monoisotopic (exact) mass is 460 g/mol. The Morgan fingerprint density at radius 2 is 1.72 bits per heavy atom. The number of amides is 2. The van der Waals surface area contributed by atoms with Crippen LogP contribution in [0.2, 0.25) is 0 Å². The van der Waals surface area contributed by atoms with Crippen molar-refractivity contribution in [2.24, 2.45) is 11.8 Å². The Balaban J connectivity index is 1.63. The van der Waals surface area contributed by atoms with E-state index in [9.17, 15) is 22.4 Å². The Hall–Kier alpha value is -2.94. The zero-order chi connectivity index (χ0) is 23.0. The number of aryl methyl sites for hydroxylation is 1. The van der Waals surface area contributed by atoms with Crippen LogP contribution in [0, 0.1) is 24.6 Å². The fourth-order valence-electron chi connectivity index (χ4n) is 4.54. The number of imide groups is 1. The van der Waals surface area contributed by atoms with Crippen molar-refractivity contribution in [3.8, 4) is 5.75 Å². The molecule has 2 aliphatic rings. The van der Waals surface area contributed by atoms with Gasteiger partial charge in [-0.1, -0.05) is 18.9 Å². The third-order valence-electron chi connectivity index (χ3n) is 6.22. The number of hydrogen-bond donors (Lipinski definition) is 1. The van der Waals surface area contributed by atoms with E-state index in [1.54, 1.807) is 13.0 Å². The lowest BCUT2D eigenvalue weighted by Gasteiger charge is -2.19. The van der Waals surface area contributed by atoms with E-state index in [1.807, 2.05) is 0 Å². The molecule has 1 saturated carbocycles. The quantitative estimate of drug-likeness (QED) is 0.665. The van der Waals surface area contributed by atoms with Gasteiger partial charge in [0.05, 0.1) is 31.2 Å². The molecule has 2 fully saturated rings. The molecule has 2 aromatic rings. The van der Waals surface area contributed by atoms with Gasteiger partial charge in [0, 0.05) is 0 Å². The predicted octanol–water partition coefficient (Wildman–Crippen LogP) is 3.62. The van der Waals surface area contributed by atoms with E-state index in [-0.39, 0.29) is 46.5 Å².